The Morgan fingerprint density at radius 1 is 1.50 bits per heavy atom. The standard InChI is InChI=1S/C12H17N3O3/c1-2-6-15(8-11(13)14-18)12(17)9-4-3-5-10(16)7-9/h3-5,7,16,18H,2,6,8H2,1H3,(H2,13,14). The fourth-order valence-electron chi connectivity index (χ4n) is 1.57. The van der Waals surface area contributed by atoms with E-state index in [1.807, 2.05) is 6.92 Å². The number of amidine groups is 1. The lowest BCUT2D eigenvalue weighted by Gasteiger charge is -2.21. The van der Waals surface area contributed by atoms with Crippen LogP contribution in [0.4, 0.5) is 0 Å². The molecule has 0 radical (unpaired) electrons. The molecule has 1 amide bonds. The summed E-state index contributed by atoms with van der Waals surface area (Å²) in [6.45, 7) is 2.47. The molecule has 0 aliphatic heterocycles. The number of aromatic hydroxyl groups is 1. The Morgan fingerprint density at radius 2 is 2.22 bits per heavy atom. The van der Waals surface area contributed by atoms with Crippen molar-refractivity contribution in [1.29, 1.82) is 0 Å². The third kappa shape index (κ3) is 3.65. The van der Waals surface area contributed by atoms with E-state index in [1.54, 1.807) is 12.1 Å². The summed E-state index contributed by atoms with van der Waals surface area (Å²) in [6.07, 6.45) is 0.753. The number of rotatable bonds is 5. The molecule has 1 rings (SSSR count). The van der Waals surface area contributed by atoms with Crippen LogP contribution in [0.5, 0.6) is 5.75 Å². The van der Waals surface area contributed by atoms with E-state index in [0.29, 0.717) is 12.1 Å². The highest BCUT2D eigenvalue weighted by atomic mass is 16.4. The van der Waals surface area contributed by atoms with Gasteiger partial charge in [0.05, 0.1) is 6.54 Å². The molecular formula is C12H17N3O3. The molecule has 0 aliphatic carbocycles. The number of phenols is 1. The molecule has 0 heterocycles. The average Bonchev–Trinajstić information content (AvgIpc) is 2.37. The third-order valence-electron chi connectivity index (χ3n) is 2.36. The van der Waals surface area contributed by atoms with Crippen LogP contribution in [-0.2, 0) is 0 Å². The highest BCUT2D eigenvalue weighted by molar-refractivity contribution is 5.97. The molecule has 4 N–H and O–H groups in total. The Hall–Kier alpha value is -2.24. The van der Waals surface area contributed by atoms with E-state index < -0.39 is 0 Å². The molecular weight excluding hydrogens is 234 g/mol. The number of carbonyl (C=O) groups excluding carboxylic acids is 1. The zero-order valence-electron chi connectivity index (χ0n) is 10.2. The Labute approximate surface area is 105 Å². The van der Waals surface area contributed by atoms with E-state index in [0.717, 1.165) is 6.42 Å². The van der Waals surface area contributed by atoms with E-state index in [-0.39, 0.29) is 24.0 Å². The fourth-order valence-corrected chi connectivity index (χ4v) is 1.57. The molecule has 1 aromatic rings. The Morgan fingerprint density at radius 3 is 2.78 bits per heavy atom. The van der Waals surface area contributed by atoms with E-state index in [9.17, 15) is 9.90 Å². The van der Waals surface area contributed by atoms with E-state index in [4.69, 9.17) is 10.9 Å². The summed E-state index contributed by atoms with van der Waals surface area (Å²) in [6, 6.07) is 6.08. The molecule has 0 aromatic heterocycles. The predicted octanol–water partition coefficient (Wildman–Crippen LogP) is 0.991. The average molecular weight is 251 g/mol. The minimum atomic E-state index is -0.264. The second-order valence-corrected chi connectivity index (χ2v) is 3.87. The van der Waals surface area contributed by atoms with Crippen LogP contribution in [0.15, 0.2) is 29.4 Å². The maximum absolute atomic E-state index is 12.2. The normalized spacial score (nSPS) is 11.3. The molecule has 0 saturated carbocycles. The molecule has 98 valence electrons. The molecule has 0 bridgehead atoms. The van der Waals surface area contributed by atoms with Crippen molar-refractivity contribution in [3.8, 4) is 5.75 Å². The van der Waals surface area contributed by atoms with Crippen molar-refractivity contribution >= 4 is 11.7 Å². The van der Waals surface area contributed by atoms with E-state index in [2.05, 4.69) is 5.16 Å². The first-order chi connectivity index (χ1) is 8.58. The van der Waals surface area contributed by atoms with Gasteiger partial charge in [0, 0.05) is 12.1 Å². The lowest BCUT2D eigenvalue weighted by Crippen LogP contribution is -2.39. The number of oxime groups is 1. The molecule has 0 saturated heterocycles. The molecule has 0 unspecified atom stereocenters. The van der Waals surface area contributed by atoms with Crippen molar-refractivity contribution in [2.75, 3.05) is 13.1 Å². The maximum atomic E-state index is 12.2. The van der Waals surface area contributed by atoms with Gasteiger partial charge in [-0.15, -0.1) is 0 Å². The molecule has 6 nitrogen and oxygen atoms in total. The zero-order valence-corrected chi connectivity index (χ0v) is 10.2. The van der Waals surface area contributed by atoms with Crippen LogP contribution in [0.2, 0.25) is 0 Å². The Bertz CT molecular complexity index is 446. The molecule has 0 spiro atoms. The van der Waals surface area contributed by atoms with Crippen molar-refractivity contribution in [1.82, 2.24) is 4.90 Å². The summed E-state index contributed by atoms with van der Waals surface area (Å²) < 4.78 is 0. The van der Waals surface area contributed by atoms with Gasteiger partial charge in [-0.1, -0.05) is 18.1 Å². The highest BCUT2D eigenvalue weighted by Crippen LogP contribution is 2.13. The van der Waals surface area contributed by atoms with Gasteiger partial charge in [0.1, 0.15) is 5.75 Å². The van der Waals surface area contributed by atoms with Crippen molar-refractivity contribution in [2.45, 2.75) is 13.3 Å². The van der Waals surface area contributed by atoms with Crippen LogP contribution in [0, 0.1) is 0 Å². The van der Waals surface area contributed by atoms with Crippen LogP contribution in [-0.4, -0.2) is 40.0 Å². The molecule has 18 heavy (non-hydrogen) atoms. The monoisotopic (exact) mass is 251 g/mol. The lowest BCUT2D eigenvalue weighted by molar-refractivity contribution is 0.0778. The van der Waals surface area contributed by atoms with Crippen LogP contribution in [0.1, 0.15) is 23.7 Å². The predicted molar refractivity (Wildman–Crippen MR) is 67.7 cm³/mol. The second-order valence-electron chi connectivity index (χ2n) is 3.87. The van der Waals surface area contributed by atoms with E-state index in [1.165, 1.54) is 17.0 Å². The van der Waals surface area contributed by atoms with Gasteiger partial charge in [0.15, 0.2) is 5.84 Å². The second kappa shape index (κ2) is 6.48. The number of hydrogen-bond acceptors (Lipinski definition) is 4. The largest absolute Gasteiger partial charge is 0.508 e. The number of benzene rings is 1. The smallest absolute Gasteiger partial charge is 0.254 e. The van der Waals surface area contributed by atoms with Gasteiger partial charge in [-0.25, -0.2) is 0 Å². The maximum Gasteiger partial charge on any atom is 0.254 e. The number of nitrogens with two attached hydrogens (primary N) is 1. The summed E-state index contributed by atoms with van der Waals surface area (Å²) in [5.41, 5.74) is 5.78. The Kier molecular flexibility index (Phi) is 4.98. The van der Waals surface area contributed by atoms with Crippen LogP contribution < -0.4 is 5.73 Å². The fraction of sp³-hybridized carbons (Fsp3) is 0.333. The quantitative estimate of drug-likeness (QED) is 0.314. The molecule has 0 atom stereocenters. The summed E-state index contributed by atoms with van der Waals surface area (Å²) in [4.78, 5) is 13.6. The van der Waals surface area contributed by atoms with Gasteiger partial charge in [-0.05, 0) is 24.6 Å². The number of nitrogens with zero attached hydrogens (tertiary/aromatic N) is 2. The third-order valence-corrected chi connectivity index (χ3v) is 2.36. The van der Waals surface area contributed by atoms with Crippen molar-refractivity contribution in [3.63, 3.8) is 0 Å². The first-order valence-corrected chi connectivity index (χ1v) is 5.63. The topological polar surface area (TPSA) is 99.1 Å². The molecule has 1 aromatic carbocycles. The van der Waals surface area contributed by atoms with Gasteiger partial charge < -0.3 is 20.9 Å². The highest BCUT2D eigenvalue weighted by Gasteiger charge is 2.16. The van der Waals surface area contributed by atoms with Gasteiger partial charge in [-0.3, -0.25) is 4.79 Å². The molecule has 6 heteroatoms. The Balaban J connectivity index is 2.88. The van der Waals surface area contributed by atoms with Crippen molar-refractivity contribution < 1.29 is 15.1 Å². The minimum Gasteiger partial charge on any atom is -0.508 e. The van der Waals surface area contributed by atoms with Gasteiger partial charge >= 0.3 is 0 Å². The number of hydrogen-bond donors (Lipinski definition) is 3. The van der Waals surface area contributed by atoms with Gasteiger partial charge in [-0.2, -0.15) is 0 Å². The van der Waals surface area contributed by atoms with Gasteiger partial charge in [0.25, 0.3) is 5.91 Å². The SMILES string of the molecule is CCCN(CC(N)=NO)C(=O)c1cccc(O)c1. The number of carbonyl (C=O) groups is 1. The number of phenolic OH excluding ortho intramolecular Hbond substituents is 1. The molecule has 0 fully saturated rings. The summed E-state index contributed by atoms with van der Waals surface area (Å²) in [5.74, 6) is -0.266. The summed E-state index contributed by atoms with van der Waals surface area (Å²) >= 11 is 0. The van der Waals surface area contributed by atoms with Crippen LogP contribution in [0.25, 0.3) is 0 Å². The van der Waals surface area contributed by atoms with Crippen molar-refractivity contribution in [2.24, 2.45) is 10.9 Å². The minimum absolute atomic E-state index is 0.0288. The van der Waals surface area contributed by atoms with Crippen molar-refractivity contribution in [3.05, 3.63) is 29.8 Å². The summed E-state index contributed by atoms with van der Waals surface area (Å²) in [5, 5.41) is 20.7. The van der Waals surface area contributed by atoms with E-state index >= 15 is 0 Å². The molecule has 0 aliphatic rings. The van der Waals surface area contributed by atoms with Gasteiger partial charge in [0.2, 0.25) is 0 Å². The lowest BCUT2D eigenvalue weighted by atomic mass is 10.2. The first kappa shape index (κ1) is 13.8. The van der Waals surface area contributed by atoms with Crippen LogP contribution >= 0.6 is 0 Å². The zero-order chi connectivity index (χ0) is 13.5. The number of amides is 1. The summed E-state index contributed by atoms with van der Waals surface area (Å²) in [7, 11) is 0. The van der Waals surface area contributed by atoms with Crippen LogP contribution in [0.3, 0.4) is 0 Å². The first-order valence-electron chi connectivity index (χ1n) is 5.63.